The van der Waals surface area contributed by atoms with Crippen LogP contribution in [0.1, 0.15) is 57.1 Å². The molecule has 2 aliphatic heterocycles. The van der Waals surface area contributed by atoms with Crippen molar-refractivity contribution in [2.75, 3.05) is 13.2 Å². The fourth-order valence-corrected chi connectivity index (χ4v) is 3.80. The maximum absolute atomic E-state index is 5.60. The van der Waals surface area contributed by atoms with Crippen molar-refractivity contribution >= 4 is 0 Å². The molecule has 0 saturated heterocycles. The molecule has 0 N–H and O–H groups in total. The van der Waals surface area contributed by atoms with Gasteiger partial charge in [0.1, 0.15) is 11.5 Å². The van der Waals surface area contributed by atoms with Crippen molar-refractivity contribution < 1.29 is 9.47 Å². The minimum absolute atomic E-state index is 0.598. The molecule has 2 aliphatic rings. The average molecular weight is 338 g/mol. The molecule has 2 nitrogen and oxygen atoms in total. The summed E-state index contributed by atoms with van der Waals surface area (Å²) in [6.07, 6.45) is 1.16. The molecular formula is C23H30O2. The molecule has 25 heavy (non-hydrogen) atoms. The molecule has 0 spiro atoms. The molecule has 0 radical (unpaired) electrons. The molecule has 0 saturated carbocycles. The van der Waals surface area contributed by atoms with Gasteiger partial charge in [0, 0.05) is 11.5 Å². The monoisotopic (exact) mass is 338 g/mol. The first kappa shape index (κ1) is 17.8. The molecule has 0 aromatic heterocycles. The number of hydrogen-bond acceptors (Lipinski definition) is 2. The molecule has 2 unspecified atom stereocenters. The Hall–Kier alpha value is -1.96. The predicted molar refractivity (Wildman–Crippen MR) is 104 cm³/mol. The van der Waals surface area contributed by atoms with Gasteiger partial charge in [0.15, 0.2) is 0 Å². The van der Waals surface area contributed by atoms with Crippen LogP contribution in [0.4, 0.5) is 0 Å². The predicted octanol–water partition coefficient (Wildman–Crippen LogP) is 6.03. The zero-order valence-electron chi connectivity index (χ0n) is 15.9. The van der Waals surface area contributed by atoms with Crippen LogP contribution in [0.3, 0.4) is 0 Å². The highest BCUT2D eigenvalue weighted by Crippen LogP contribution is 2.38. The second-order valence-corrected chi connectivity index (χ2v) is 7.72. The first-order valence-corrected chi connectivity index (χ1v) is 9.51. The number of para-hydroxylation sites is 2. The van der Waals surface area contributed by atoms with E-state index < -0.39 is 0 Å². The van der Waals surface area contributed by atoms with Crippen LogP contribution in [0.2, 0.25) is 0 Å². The van der Waals surface area contributed by atoms with Gasteiger partial charge in [-0.2, -0.15) is 0 Å². The Morgan fingerprint density at radius 3 is 1.84 bits per heavy atom. The maximum atomic E-state index is 5.60. The Kier molecular flexibility index (Phi) is 5.67. The molecule has 2 heterocycles. The Morgan fingerprint density at radius 2 is 1.24 bits per heavy atom. The Morgan fingerprint density at radius 1 is 0.720 bits per heavy atom. The summed E-state index contributed by atoms with van der Waals surface area (Å²) in [5.74, 6) is 4.84. The minimum atomic E-state index is 0.598. The van der Waals surface area contributed by atoms with E-state index in [1.54, 1.807) is 0 Å². The lowest BCUT2D eigenvalue weighted by atomic mass is 9.84. The van der Waals surface area contributed by atoms with Crippen LogP contribution in [0.15, 0.2) is 48.5 Å². The number of fused-ring (bicyclic) bond motifs is 2. The molecule has 134 valence electrons. The van der Waals surface area contributed by atoms with Gasteiger partial charge in [0.05, 0.1) is 13.2 Å². The van der Waals surface area contributed by atoms with Crippen LogP contribution in [-0.2, 0) is 0 Å². The summed E-state index contributed by atoms with van der Waals surface area (Å²) < 4.78 is 11.2. The lowest BCUT2D eigenvalue weighted by molar-refractivity contribution is 0.247. The number of hydrogen-bond donors (Lipinski definition) is 0. The van der Waals surface area contributed by atoms with Gasteiger partial charge in [-0.25, -0.2) is 0 Å². The summed E-state index contributed by atoms with van der Waals surface area (Å²) >= 11 is 0. The van der Waals surface area contributed by atoms with E-state index in [4.69, 9.17) is 9.47 Å². The number of rotatable bonds is 2. The van der Waals surface area contributed by atoms with E-state index in [9.17, 15) is 0 Å². The van der Waals surface area contributed by atoms with Gasteiger partial charge < -0.3 is 9.47 Å². The van der Waals surface area contributed by atoms with Gasteiger partial charge in [0.2, 0.25) is 0 Å². The lowest BCUT2D eigenvalue weighted by Gasteiger charge is -2.28. The summed E-state index contributed by atoms with van der Waals surface area (Å²) in [7, 11) is 0. The van der Waals surface area contributed by atoms with E-state index in [1.165, 1.54) is 11.1 Å². The van der Waals surface area contributed by atoms with E-state index in [1.807, 2.05) is 12.1 Å². The normalized spacial score (nSPS) is 20.9. The van der Waals surface area contributed by atoms with Crippen LogP contribution in [0.25, 0.3) is 0 Å². The third-order valence-corrected chi connectivity index (χ3v) is 5.35. The summed E-state index contributed by atoms with van der Waals surface area (Å²) in [4.78, 5) is 0. The van der Waals surface area contributed by atoms with Gasteiger partial charge in [-0.15, -0.1) is 0 Å². The van der Waals surface area contributed by atoms with Crippen molar-refractivity contribution in [3.63, 3.8) is 0 Å². The molecule has 2 heteroatoms. The van der Waals surface area contributed by atoms with E-state index in [-0.39, 0.29) is 0 Å². The Labute approximate surface area is 152 Å². The van der Waals surface area contributed by atoms with Crippen molar-refractivity contribution in [1.29, 1.82) is 0 Å². The molecule has 2 aromatic carbocycles. The van der Waals surface area contributed by atoms with E-state index in [0.29, 0.717) is 23.7 Å². The third-order valence-electron chi connectivity index (χ3n) is 5.35. The highest BCUT2D eigenvalue weighted by atomic mass is 16.5. The first-order chi connectivity index (χ1) is 12.1. The number of benzene rings is 2. The third kappa shape index (κ3) is 4.00. The van der Waals surface area contributed by atoms with E-state index in [2.05, 4.69) is 64.1 Å². The van der Waals surface area contributed by atoms with Crippen LogP contribution in [-0.4, -0.2) is 13.2 Å². The fourth-order valence-electron chi connectivity index (χ4n) is 3.80. The van der Waals surface area contributed by atoms with Crippen LogP contribution in [0.5, 0.6) is 11.5 Å². The fraction of sp³-hybridized carbons (Fsp3) is 0.478. The zero-order valence-corrected chi connectivity index (χ0v) is 15.9. The van der Waals surface area contributed by atoms with Crippen molar-refractivity contribution in [2.45, 2.75) is 46.0 Å². The molecule has 0 amide bonds. The van der Waals surface area contributed by atoms with Crippen molar-refractivity contribution in [3.8, 4) is 11.5 Å². The lowest BCUT2D eigenvalue weighted by Crippen LogP contribution is -2.17. The second kappa shape index (κ2) is 7.95. The summed E-state index contributed by atoms with van der Waals surface area (Å²) in [5.41, 5.74) is 2.77. The van der Waals surface area contributed by atoms with Crippen LogP contribution < -0.4 is 9.47 Å². The van der Waals surface area contributed by atoms with Gasteiger partial charge in [-0.3, -0.25) is 0 Å². The Balaban J connectivity index is 0.000000146. The quantitative estimate of drug-likeness (QED) is 0.666. The van der Waals surface area contributed by atoms with Crippen LogP contribution in [0, 0.1) is 11.8 Å². The van der Waals surface area contributed by atoms with Crippen molar-refractivity contribution in [2.24, 2.45) is 11.8 Å². The second-order valence-electron chi connectivity index (χ2n) is 7.72. The molecule has 0 bridgehead atoms. The molecular weight excluding hydrogens is 308 g/mol. The average Bonchev–Trinajstić information content (AvgIpc) is 3.06. The van der Waals surface area contributed by atoms with Gasteiger partial charge in [-0.1, -0.05) is 64.1 Å². The zero-order chi connectivity index (χ0) is 17.8. The standard InChI is InChI=1S/C12H16O.C11H14O/c1-9(2)10-7-8-13-12-6-4-3-5-11(10)12;1-8(2)10-7-12-11-6-4-3-5-9(10)11/h3-6,9-10H,7-8H2,1-2H3;3-6,8,10H,7H2,1-2H3. The molecule has 2 aromatic rings. The first-order valence-electron chi connectivity index (χ1n) is 9.51. The molecule has 0 aliphatic carbocycles. The smallest absolute Gasteiger partial charge is 0.122 e. The van der Waals surface area contributed by atoms with E-state index >= 15 is 0 Å². The van der Waals surface area contributed by atoms with E-state index in [0.717, 1.165) is 31.1 Å². The highest BCUT2D eigenvalue weighted by molar-refractivity contribution is 5.40. The highest BCUT2D eigenvalue weighted by Gasteiger charge is 2.25. The van der Waals surface area contributed by atoms with Crippen LogP contribution >= 0.6 is 0 Å². The molecule has 0 fully saturated rings. The van der Waals surface area contributed by atoms with Crippen molar-refractivity contribution in [1.82, 2.24) is 0 Å². The largest absolute Gasteiger partial charge is 0.493 e. The Bertz CT molecular complexity index is 690. The minimum Gasteiger partial charge on any atom is -0.493 e. The molecule has 4 rings (SSSR count). The summed E-state index contributed by atoms with van der Waals surface area (Å²) in [6.45, 7) is 10.8. The topological polar surface area (TPSA) is 18.5 Å². The van der Waals surface area contributed by atoms with Gasteiger partial charge >= 0.3 is 0 Å². The maximum Gasteiger partial charge on any atom is 0.122 e. The summed E-state index contributed by atoms with van der Waals surface area (Å²) in [5, 5.41) is 0. The summed E-state index contributed by atoms with van der Waals surface area (Å²) in [6, 6.07) is 16.8. The molecule has 2 atom stereocenters. The SMILES string of the molecule is CC(C)C1CCOc2ccccc21.CC(C)C1COc2ccccc21. The van der Waals surface area contributed by atoms with Crippen molar-refractivity contribution in [3.05, 3.63) is 59.7 Å². The number of ether oxygens (including phenoxy) is 2. The van der Waals surface area contributed by atoms with Gasteiger partial charge in [-0.05, 0) is 41.9 Å². The van der Waals surface area contributed by atoms with Gasteiger partial charge in [0.25, 0.3) is 0 Å².